The minimum atomic E-state index is -0.554. The van der Waals surface area contributed by atoms with E-state index in [-0.39, 0.29) is 35.7 Å². The van der Waals surface area contributed by atoms with Crippen LogP contribution in [0.15, 0.2) is 71.4 Å². The molecular formula is C27H28N2O6. The number of methoxy groups -OCH3 is 1. The first-order valence-electron chi connectivity index (χ1n) is 11.5. The molecule has 8 nitrogen and oxygen atoms in total. The van der Waals surface area contributed by atoms with Crippen LogP contribution in [0.25, 0.3) is 6.08 Å². The van der Waals surface area contributed by atoms with E-state index in [0.29, 0.717) is 35.8 Å². The number of benzene rings is 2. The number of allylic oxidation sites excluding steroid dienone is 1. The van der Waals surface area contributed by atoms with Gasteiger partial charge in [0.25, 0.3) is 11.8 Å². The number of nitrogens with one attached hydrogen (secondary N) is 1. The van der Waals surface area contributed by atoms with Crippen LogP contribution in [0.5, 0.6) is 5.75 Å². The molecule has 1 fully saturated rings. The predicted molar refractivity (Wildman–Crippen MR) is 130 cm³/mol. The van der Waals surface area contributed by atoms with Gasteiger partial charge < -0.3 is 24.4 Å². The Morgan fingerprint density at radius 2 is 1.89 bits per heavy atom. The Morgan fingerprint density at radius 3 is 2.54 bits per heavy atom. The molecule has 2 aliphatic heterocycles. The van der Waals surface area contributed by atoms with Crippen molar-refractivity contribution in [1.82, 2.24) is 4.90 Å². The van der Waals surface area contributed by atoms with Crippen molar-refractivity contribution in [2.45, 2.75) is 25.9 Å². The summed E-state index contributed by atoms with van der Waals surface area (Å²) >= 11 is 0. The van der Waals surface area contributed by atoms with Crippen LogP contribution in [0.4, 0.5) is 5.69 Å². The Hall–Kier alpha value is -3.91. The third-order valence-electron chi connectivity index (χ3n) is 5.93. The molecule has 0 bridgehead atoms. The Labute approximate surface area is 204 Å². The second kappa shape index (κ2) is 11.0. The quantitative estimate of drug-likeness (QED) is 0.463. The second-order valence-corrected chi connectivity index (χ2v) is 8.33. The molecule has 4 rings (SSSR count). The fourth-order valence-corrected chi connectivity index (χ4v) is 4.13. The van der Waals surface area contributed by atoms with Gasteiger partial charge in [-0.25, -0.2) is 4.79 Å². The van der Waals surface area contributed by atoms with E-state index in [1.165, 1.54) is 7.11 Å². The first-order valence-corrected chi connectivity index (χ1v) is 11.5. The predicted octanol–water partition coefficient (Wildman–Crippen LogP) is 3.56. The molecule has 8 heteroatoms. The number of hydrogen-bond donors (Lipinski definition) is 1. The first-order chi connectivity index (χ1) is 17.0. The lowest BCUT2D eigenvalue weighted by Gasteiger charge is -2.21. The summed E-state index contributed by atoms with van der Waals surface area (Å²) in [5.41, 5.74) is 2.51. The average Bonchev–Trinajstić information content (AvgIpc) is 3.46. The van der Waals surface area contributed by atoms with E-state index in [1.807, 2.05) is 18.2 Å². The average molecular weight is 477 g/mol. The number of hydrogen-bond acceptors (Lipinski definition) is 6. The van der Waals surface area contributed by atoms with Gasteiger partial charge in [0.1, 0.15) is 5.75 Å². The van der Waals surface area contributed by atoms with Crippen molar-refractivity contribution >= 4 is 29.5 Å². The standard InChI is InChI=1S/C27H28N2O6/c1-18-25(27(32)33-2)23(26(31)29(18)16-22-9-6-14-34-22)15-19-10-12-21(13-11-19)35-17-24(30)28-20-7-4-3-5-8-20/h3-5,7-8,10-13,15,22H,6,9,14,16-17H2,1-2H3,(H,28,30)/b23-15-/t22-/m1/s1. The minimum absolute atomic E-state index is 0.0392. The molecule has 0 radical (unpaired) electrons. The second-order valence-electron chi connectivity index (χ2n) is 8.33. The van der Waals surface area contributed by atoms with E-state index < -0.39 is 5.97 Å². The van der Waals surface area contributed by atoms with Gasteiger partial charge in [0.2, 0.25) is 0 Å². The summed E-state index contributed by atoms with van der Waals surface area (Å²) in [4.78, 5) is 39.4. The van der Waals surface area contributed by atoms with Crippen molar-refractivity contribution in [2.75, 3.05) is 32.2 Å². The molecule has 0 saturated carbocycles. The zero-order valence-electron chi connectivity index (χ0n) is 19.8. The van der Waals surface area contributed by atoms with Crippen LogP contribution in [0.2, 0.25) is 0 Å². The first kappa shape index (κ1) is 24.2. The molecular weight excluding hydrogens is 448 g/mol. The van der Waals surface area contributed by atoms with E-state index in [2.05, 4.69) is 5.32 Å². The molecule has 2 amide bonds. The molecule has 1 N–H and O–H groups in total. The normalized spacial score (nSPS) is 18.8. The molecule has 2 aliphatic rings. The highest BCUT2D eigenvalue weighted by atomic mass is 16.5. The van der Waals surface area contributed by atoms with Gasteiger partial charge in [0.05, 0.1) is 30.9 Å². The zero-order chi connectivity index (χ0) is 24.8. The Bertz CT molecular complexity index is 1150. The summed E-state index contributed by atoms with van der Waals surface area (Å²) in [5.74, 6) is -0.570. The smallest absolute Gasteiger partial charge is 0.340 e. The molecule has 2 aromatic carbocycles. The number of carbonyl (C=O) groups excluding carboxylic acids is 3. The van der Waals surface area contributed by atoms with Gasteiger partial charge in [-0.2, -0.15) is 0 Å². The van der Waals surface area contributed by atoms with Crippen LogP contribution in [0.3, 0.4) is 0 Å². The van der Waals surface area contributed by atoms with Gasteiger partial charge >= 0.3 is 5.97 Å². The van der Waals surface area contributed by atoms with E-state index in [9.17, 15) is 14.4 Å². The van der Waals surface area contributed by atoms with Crippen LogP contribution in [-0.4, -0.2) is 55.7 Å². The highest BCUT2D eigenvalue weighted by Gasteiger charge is 2.38. The maximum atomic E-state index is 13.2. The van der Waals surface area contributed by atoms with E-state index >= 15 is 0 Å². The lowest BCUT2D eigenvalue weighted by atomic mass is 10.0. The van der Waals surface area contributed by atoms with Crippen molar-refractivity contribution < 1.29 is 28.6 Å². The SMILES string of the molecule is COC(=O)C1=C(C)N(C[C@H]2CCCO2)C(=O)/C1=C\c1ccc(OCC(=O)Nc2ccccc2)cc1. The van der Waals surface area contributed by atoms with Crippen LogP contribution < -0.4 is 10.1 Å². The van der Waals surface area contributed by atoms with Crippen molar-refractivity contribution in [3.8, 4) is 5.75 Å². The molecule has 1 atom stereocenters. The van der Waals surface area contributed by atoms with E-state index in [0.717, 1.165) is 12.8 Å². The number of anilines is 1. The van der Waals surface area contributed by atoms with Crippen molar-refractivity contribution in [3.63, 3.8) is 0 Å². The Morgan fingerprint density at radius 1 is 1.14 bits per heavy atom. The van der Waals surface area contributed by atoms with Gasteiger partial charge in [-0.3, -0.25) is 9.59 Å². The summed E-state index contributed by atoms with van der Waals surface area (Å²) in [6, 6.07) is 16.1. The summed E-state index contributed by atoms with van der Waals surface area (Å²) in [6.07, 6.45) is 3.47. The van der Waals surface area contributed by atoms with Crippen LogP contribution in [-0.2, 0) is 23.9 Å². The highest BCUT2D eigenvalue weighted by molar-refractivity contribution is 6.16. The third-order valence-corrected chi connectivity index (χ3v) is 5.93. The van der Waals surface area contributed by atoms with Gasteiger partial charge in [0.15, 0.2) is 6.61 Å². The molecule has 0 unspecified atom stereocenters. The Kier molecular flexibility index (Phi) is 7.62. The summed E-state index contributed by atoms with van der Waals surface area (Å²) in [6.45, 7) is 2.70. The van der Waals surface area contributed by atoms with Crippen LogP contribution >= 0.6 is 0 Å². The van der Waals surface area contributed by atoms with Gasteiger partial charge in [-0.1, -0.05) is 30.3 Å². The maximum absolute atomic E-state index is 13.2. The van der Waals surface area contributed by atoms with Crippen molar-refractivity contribution in [2.24, 2.45) is 0 Å². The van der Waals surface area contributed by atoms with Gasteiger partial charge in [-0.05, 0) is 55.7 Å². The number of ether oxygens (including phenoxy) is 3. The van der Waals surface area contributed by atoms with Crippen LogP contribution in [0.1, 0.15) is 25.3 Å². The fourth-order valence-electron chi connectivity index (χ4n) is 4.13. The summed E-state index contributed by atoms with van der Waals surface area (Å²) in [5, 5.41) is 2.76. The van der Waals surface area contributed by atoms with Gasteiger partial charge in [0, 0.05) is 18.0 Å². The lowest BCUT2D eigenvalue weighted by molar-refractivity contribution is -0.136. The minimum Gasteiger partial charge on any atom is -0.484 e. The lowest BCUT2D eigenvalue weighted by Crippen LogP contribution is -2.33. The fraction of sp³-hybridized carbons (Fsp3) is 0.296. The zero-order valence-corrected chi connectivity index (χ0v) is 19.8. The summed E-state index contributed by atoms with van der Waals surface area (Å²) < 4.78 is 16.2. The Balaban J connectivity index is 1.44. The molecule has 35 heavy (non-hydrogen) atoms. The number of para-hydroxylation sites is 1. The maximum Gasteiger partial charge on any atom is 0.340 e. The largest absolute Gasteiger partial charge is 0.484 e. The topological polar surface area (TPSA) is 94.2 Å². The summed E-state index contributed by atoms with van der Waals surface area (Å²) in [7, 11) is 1.30. The van der Waals surface area contributed by atoms with Gasteiger partial charge in [-0.15, -0.1) is 0 Å². The van der Waals surface area contributed by atoms with Crippen LogP contribution in [0, 0.1) is 0 Å². The van der Waals surface area contributed by atoms with Crippen molar-refractivity contribution in [3.05, 3.63) is 77.0 Å². The number of carbonyl (C=O) groups is 3. The number of esters is 1. The third kappa shape index (κ3) is 5.78. The molecule has 0 spiro atoms. The number of amides is 2. The monoisotopic (exact) mass is 476 g/mol. The number of nitrogens with zero attached hydrogens (tertiary/aromatic N) is 1. The molecule has 2 aromatic rings. The molecule has 2 heterocycles. The molecule has 182 valence electrons. The molecule has 0 aliphatic carbocycles. The van der Waals surface area contributed by atoms with Crippen molar-refractivity contribution in [1.29, 1.82) is 0 Å². The van der Waals surface area contributed by atoms with E-state index in [1.54, 1.807) is 54.3 Å². The van der Waals surface area contributed by atoms with E-state index in [4.69, 9.17) is 14.2 Å². The molecule has 0 aromatic heterocycles. The number of rotatable bonds is 8. The highest BCUT2D eigenvalue weighted by Crippen LogP contribution is 2.33. The molecule has 1 saturated heterocycles.